The van der Waals surface area contributed by atoms with Crippen molar-refractivity contribution in [1.29, 1.82) is 0 Å². The van der Waals surface area contributed by atoms with Gasteiger partial charge in [0.2, 0.25) is 5.91 Å². The number of nitrogens with one attached hydrogen (secondary N) is 1. The average molecular weight is 260 g/mol. The number of carbonyl (C=O) groups excluding carboxylic acids is 1. The van der Waals surface area contributed by atoms with Crippen molar-refractivity contribution in [3.05, 3.63) is 30.6 Å². The Morgan fingerprint density at radius 2 is 2.11 bits per heavy atom. The Hall–Kier alpha value is -2.28. The molecule has 1 aromatic heterocycles. The van der Waals surface area contributed by atoms with Crippen LogP contribution in [0, 0.1) is 5.92 Å². The number of hydrogen-bond acceptors (Lipinski definition) is 5. The molecule has 1 aromatic carbocycles. The minimum atomic E-state index is -0.554. The second kappa shape index (κ2) is 5.57. The highest BCUT2D eigenvalue weighted by molar-refractivity contribution is 5.96. The number of nitrogens with two attached hydrogens (primary N) is 1. The monoisotopic (exact) mass is 260 g/mol. The summed E-state index contributed by atoms with van der Waals surface area (Å²) in [4.78, 5) is 12.0. The molecular formula is C12H16N6O. The van der Waals surface area contributed by atoms with Crippen molar-refractivity contribution in [3.63, 3.8) is 0 Å². The van der Waals surface area contributed by atoms with E-state index in [1.54, 1.807) is 6.07 Å². The maximum Gasteiger partial charge on any atom is 0.241 e. The van der Waals surface area contributed by atoms with Crippen molar-refractivity contribution in [2.24, 2.45) is 11.7 Å². The SMILES string of the molecule is CC(C)[C@H](N)C(=O)Nc1ccccc1-n1cnnn1. The normalized spacial score (nSPS) is 12.4. The predicted octanol–water partition coefficient (Wildman–Crippen LogP) is 0.584. The Balaban J connectivity index is 2.24. The third kappa shape index (κ3) is 2.94. The molecule has 0 saturated heterocycles. The largest absolute Gasteiger partial charge is 0.323 e. The first kappa shape index (κ1) is 13.2. The molecule has 100 valence electrons. The van der Waals surface area contributed by atoms with E-state index in [2.05, 4.69) is 20.8 Å². The molecule has 0 aliphatic heterocycles. The van der Waals surface area contributed by atoms with Gasteiger partial charge < -0.3 is 11.1 Å². The summed E-state index contributed by atoms with van der Waals surface area (Å²) < 4.78 is 1.48. The van der Waals surface area contributed by atoms with E-state index in [4.69, 9.17) is 5.73 Å². The number of tetrazole rings is 1. The van der Waals surface area contributed by atoms with Gasteiger partial charge in [0, 0.05) is 0 Å². The summed E-state index contributed by atoms with van der Waals surface area (Å²) >= 11 is 0. The summed E-state index contributed by atoms with van der Waals surface area (Å²) in [6, 6.07) is 6.70. The molecule has 1 atom stereocenters. The van der Waals surface area contributed by atoms with Crippen LogP contribution in [0.1, 0.15) is 13.8 Å². The van der Waals surface area contributed by atoms with Crippen LogP contribution >= 0.6 is 0 Å². The van der Waals surface area contributed by atoms with Gasteiger partial charge in [-0.05, 0) is 28.5 Å². The number of aromatic nitrogens is 4. The molecule has 0 aliphatic rings. The Morgan fingerprint density at radius 3 is 2.74 bits per heavy atom. The standard InChI is InChI=1S/C12H16N6O/c1-8(2)11(13)12(19)15-9-5-3-4-6-10(9)18-7-14-16-17-18/h3-8,11H,13H2,1-2H3,(H,15,19)/t11-/m0/s1. The maximum atomic E-state index is 12.0. The molecule has 0 bridgehead atoms. The van der Waals surface area contributed by atoms with Gasteiger partial charge in [0.25, 0.3) is 0 Å². The molecule has 1 amide bonds. The molecule has 0 unspecified atom stereocenters. The van der Waals surface area contributed by atoms with Crippen molar-refractivity contribution in [1.82, 2.24) is 20.2 Å². The van der Waals surface area contributed by atoms with Crippen LogP contribution in [0.25, 0.3) is 5.69 Å². The van der Waals surface area contributed by atoms with E-state index in [1.807, 2.05) is 32.0 Å². The number of rotatable bonds is 4. The molecular weight excluding hydrogens is 244 g/mol. The number of benzene rings is 1. The van der Waals surface area contributed by atoms with Crippen LogP contribution in [0.15, 0.2) is 30.6 Å². The molecule has 0 radical (unpaired) electrons. The van der Waals surface area contributed by atoms with Crippen molar-refractivity contribution in [3.8, 4) is 5.69 Å². The number of carbonyl (C=O) groups is 1. The van der Waals surface area contributed by atoms with Crippen molar-refractivity contribution < 1.29 is 4.79 Å². The summed E-state index contributed by atoms with van der Waals surface area (Å²) in [6.45, 7) is 3.80. The van der Waals surface area contributed by atoms with Crippen LogP contribution in [0.2, 0.25) is 0 Å². The molecule has 2 rings (SSSR count). The van der Waals surface area contributed by atoms with E-state index < -0.39 is 6.04 Å². The van der Waals surface area contributed by atoms with Crippen LogP contribution in [0.4, 0.5) is 5.69 Å². The second-order valence-corrected chi connectivity index (χ2v) is 4.53. The van der Waals surface area contributed by atoms with Gasteiger partial charge in [0.1, 0.15) is 6.33 Å². The fourth-order valence-corrected chi connectivity index (χ4v) is 1.57. The summed E-state index contributed by atoms with van der Waals surface area (Å²) in [5.74, 6) is -0.157. The van der Waals surface area contributed by atoms with E-state index in [-0.39, 0.29) is 11.8 Å². The first-order chi connectivity index (χ1) is 9.09. The number of amides is 1. The summed E-state index contributed by atoms with van der Waals surface area (Å²) in [5.41, 5.74) is 7.13. The lowest BCUT2D eigenvalue weighted by Crippen LogP contribution is -2.39. The molecule has 3 N–H and O–H groups in total. The van der Waals surface area contributed by atoms with Gasteiger partial charge in [-0.1, -0.05) is 26.0 Å². The molecule has 7 heteroatoms. The molecule has 0 spiro atoms. The number of nitrogens with zero attached hydrogens (tertiary/aromatic N) is 4. The van der Waals surface area contributed by atoms with E-state index in [9.17, 15) is 4.79 Å². The third-order valence-electron chi connectivity index (χ3n) is 2.78. The van der Waals surface area contributed by atoms with Crippen LogP contribution < -0.4 is 11.1 Å². The van der Waals surface area contributed by atoms with Crippen molar-refractivity contribution in [2.45, 2.75) is 19.9 Å². The lowest BCUT2D eigenvalue weighted by atomic mass is 10.0. The Kier molecular flexibility index (Phi) is 3.86. The zero-order valence-corrected chi connectivity index (χ0v) is 10.8. The van der Waals surface area contributed by atoms with Crippen molar-refractivity contribution >= 4 is 11.6 Å². The molecule has 0 fully saturated rings. The second-order valence-electron chi connectivity index (χ2n) is 4.53. The summed E-state index contributed by atoms with van der Waals surface area (Å²) in [5, 5.41) is 13.8. The van der Waals surface area contributed by atoms with E-state index >= 15 is 0 Å². The summed E-state index contributed by atoms with van der Waals surface area (Å²) in [6.07, 6.45) is 1.47. The minimum Gasteiger partial charge on any atom is -0.323 e. The van der Waals surface area contributed by atoms with E-state index in [0.717, 1.165) is 0 Å². The average Bonchev–Trinajstić information content (AvgIpc) is 2.92. The lowest BCUT2D eigenvalue weighted by molar-refractivity contribution is -0.118. The van der Waals surface area contributed by atoms with Gasteiger partial charge in [-0.25, -0.2) is 0 Å². The fourth-order valence-electron chi connectivity index (χ4n) is 1.57. The van der Waals surface area contributed by atoms with Crippen LogP contribution in [-0.2, 0) is 4.79 Å². The van der Waals surface area contributed by atoms with Gasteiger partial charge in [-0.2, -0.15) is 4.68 Å². The Bertz CT molecular complexity index is 551. The summed E-state index contributed by atoms with van der Waals surface area (Å²) in [7, 11) is 0. The predicted molar refractivity (Wildman–Crippen MR) is 70.6 cm³/mol. The van der Waals surface area contributed by atoms with Crippen LogP contribution in [-0.4, -0.2) is 32.2 Å². The maximum absolute atomic E-state index is 12.0. The number of para-hydroxylation sites is 2. The number of hydrogen-bond donors (Lipinski definition) is 2. The lowest BCUT2D eigenvalue weighted by Gasteiger charge is -2.16. The Labute approximate surface area is 110 Å². The smallest absolute Gasteiger partial charge is 0.241 e. The first-order valence-corrected chi connectivity index (χ1v) is 5.98. The molecule has 1 heterocycles. The zero-order valence-electron chi connectivity index (χ0n) is 10.8. The van der Waals surface area contributed by atoms with E-state index in [0.29, 0.717) is 11.4 Å². The molecule has 0 aliphatic carbocycles. The fraction of sp³-hybridized carbons (Fsp3) is 0.333. The van der Waals surface area contributed by atoms with Gasteiger partial charge in [-0.3, -0.25) is 4.79 Å². The quantitative estimate of drug-likeness (QED) is 0.838. The molecule has 19 heavy (non-hydrogen) atoms. The highest BCUT2D eigenvalue weighted by Gasteiger charge is 2.18. The van der Waals surface area contributed by atoms with Gasteiger partial charge in [0.05, 0.1) is 17.4 Å². The van der Waals surface area contributed by atoms with E-state index in [1.165, 1.54) is 11.0 Å². The first-order valence-electron chi connectivity index (χ1n) is 5.98. The van der Waals surface area contributed by atoms with Crippen LogP contribution in [0.3, 0.4) is 0 Å². The number of anilines is 1. The van der Waals surface area contributed by atoms with Gasteiger partial charge >= 0.3 is 0 Å². The van der Waals surface area contributed by atoms with Gasteiger partial charge in [-0.15, -0.1) is 5.10 Å². The molecule has 0 saturated carbocycles. The van der Waals surface area contributed by atoms with Crippen molar-refractivity contribution in [2.75, 3.05) is 5.32 Å². The topological polar surface area (TPSA) is 98.7 Å². The molecule has 7 nitrogen and oxygen atoms in total. The zero-order chi connectivity index (χ0) is 13.8. The van der Waals surface area contributed by atoms with Crippen LogP contribution in [0.5, 0.6) is 0 Å². The minimum absolute atomic E-state index is 0.0696. The van der Waals surface area contributed by atoms with Gasteiger partial charge in [0.15, 0.2) is 0 Å². The highest BCUT2D eigenvalue weighted by Crippen LogP contribution is 2.18. The highest BCUT2D eigenvalue weighted by atomic mass is 16.2. The Morgan fingerprint density at radius 1 is 1.37 bits per heavy atom. The molecule has 2 aromatic rings. The third-order valence-corrected chi connectivity index (χ3v) is 2.78.